The lowest BCUT2D eigenvalue weighted by Crippen LogP contribution is -2.07. The van der Waals surface area contributed by atoms with Crippen LogP contribution >= 0.6 is 0 Å². The van der Waals surface area contributed by atoms with Crippen molar-refractivity contribution in [3.63, 3.8) is 0 Å². The van der Waals surface area contributed by atoms with Crippen LogP contribution in [0.15, 0.2) is 78.9 Å². The Hall–Kier alpha value is -3.60. The molecule has 0 saturated heterocycles. The van der Waals surface area contributed by atoms with E-state index in [1.54, 1.807) is 25.3 Å². The predicted molar refractivity (Wildman–Crippen MR) is 108 cm³/mol. The standard InChI is InChI=1S/C23H20FNO3/c1-27-22-15-17(7-13-21(22)28-16-18-5-3-2-4-6-18)8-14-23(26)25-20-11-9-19(24)10-12-20/h2-15H,16H2,1H3,(H,25,26)/b14-8+. The van der Waals surface area contributed by atoms with Gasteiger partial charge in [0.15, 0.2) is 11.5 Å². The molecule has 0 bridgehead atoms. The average molecular weight is 377 g/mol. The fourth-order valence-corrected chi connectivity index (χ4v) is 2.53. The molecule has 3 rings (SSSR count). The van der Waals surface area contributed by atoms with Gasteiger partial charge in [0.05, 0.1) is 7.11 Å². The highest BCUT2D eigenvalue weighted by Gasteiger charge is 2.06. The molecule has 5 heteroatoms. The summed E-state index contributed by atoms with van der Waals surface area (Å²) in [6, 6.07) is 20.9. The van der Waals surface area contributed by atoms with Gasteiger partial charge in [-0.1, -0.05) is 36.4 Å². The summed E-state index contributed by atoms with van der Waals surface area (Å²) in [5.74, 6) is 0.543. The third-order valence-electron chi connectivity index (χ3n) is 3.96. The number of carbonyl (C=O) groups excluding carboxylic acids is 1. The SMILES string of the molecule is COc1cc(/C=C/C(=O)Nc2ccc(F)cc2)ccc1OCc1ccccc1. The first-order valence-corrected chi connectivity index (χ1v) is 8.73. The first-order chi connectivity index (χ1) is 13.6. The molecule has 28 heavy (non-hydrogen) atoms. The number of ether oxygens (including phenoxy) is 2. The third-order valence-corrected chi connectivity index (χ3v) is 3.96. The van der Waals surface area contributed by atoms with Crippen LogP contribution in [0, 0.1) is 5.82 Å². The summed E-state index contributed by atoms with van der Waals surface area (Å²) in [7, 11) is 1.57. The largest absolute Gasteiger partial charge is 0.493 e. The predicted octanol–water partition coefficient (Wildman–Crippen LogP) is 5.07. The molecule has 3 aromatic carbocycles. The minimum Gasteiger partial charge on any atom is -0.493 e. The zero-order valence-electron chi connectivity index (χ0n) is 15.4. The number of benzene rings is 3. The Balaban J connectivity index is 1.63. The maximum atomic E-state index is 12.9. The van der Waals surface area contributed by atoms with Gasteiger partial charge >= 0.3 is 0 Å². The number of anilines is 1. The molecule has 0 aromatic heterocycles. The molecule has 0 aliphatic carbocycles. The van der Waals surface area contributed by atoms with Gasteiger partial charge < -0.3 is 14.8 Å². The molecule has 0 saturated carbocycles. The van der Waals surface area contributed by atoms with Crippen LogP contribution in [0.5, 0.6) is 11.5 Å². The van der Waals surface area contributed by atoms with Gasteiger partial charge in [-0.05, 0) is 53.6 Å². The summed E-state index contributed by atoms with van der Waals surface area (Å²) in [5.41, 5.74) is 2.38. The van der Waals surface area contributed by atoms with Gasteiger partial charge in [-0.25, -0.2) is 4.39 Å². The van der Waals surface area contributed by atoms with Crippen molar-refractivity contribution < 1.29 is 18.7 Å². The second-order valence-corrected chi connectivity index (χ2v) is 6.01. The van der Waals surface area contributed by atoms with Gasteiger partial charge in [-0.15, -0.1) is 0 Å². The Morgan fingerprint density at radius 2 is 1.75 bits per heavy atom. The molecule has 0 heterocycles. The Morgan fingerprint density at radius 1 is 1.00 bits per heavy atom. The summed E-state index contributed by atoms with van der Waals surface area (Å²) in [5, 5.41) is 2.67. The highest BCUT2D eigenvalue weighted by atomic mass is 19.1. The van der Waals surface area contributed by atoms with Crippen molar-refractivity contribution in [3.05, 3.63) is 95.8 Å². The van der Waals surface area contributed by atoms with Gasteiger partial charge in [0.25, 0.3) is 0 Å². The van der Waals surface area contributed by atoms with E-state index >= 15 is 0 Å². The van der Waals surface area contributed by atoms with Crippen LogP contribution in [0.3, 0.4) is 0 Å². The second kappa shape index (κ2) is 9.37. The Kier molecular flexibility index (Phi) is 6.41. The number of nitrogens with one attached hydrogen (secondary N) is 1. The van der Waals surface area contributed by atoms with Gasteiger partial charge in [-0.3, -0.25) is 4.79 Å². The maximum absolute atomic E-state index is 12.9. The topological polar surface area (TPSA) is 47.6 Å². The number of carbonyl (C=O) groups is 1. The first kappa shape index (κ1) is 19.2. The number of amides is 1. The second-order valence-electron chi connectivity index (χ2n) is 6.01. The highest BCUT2D eigenvalue weighted by molar-refractivity contribution is 6.01. The highest BCUT2D eigenvalue weighted by Crippen LogP contribution is 2.29. The molecular formula is C23H20FNO3. The van der Waals surface area contributed by atoms with Crippen LogP contribution in [0.2, 0.25) is 0 Å². The summed E-state index contributed by atoms with van der Waals surface area (Å²) in [6.45, 7) is 0.437. The van der Waals surface area contributed by atoms with E-state index in [1.165, 1.54) is 30.3 Å². The van der Waals surface area contributed by atoms with Crippen molar-refractivity contribution in [3.8, 4) is 11.5 Å². The number of rotatable bonds is 7. The van der Waals surface area contributed by atoms with E-state index in [4.69, 9.17) is 9.47 Å². The lowest BCUT2D eigenvalue weighted by Gasteiger charge is -2.11. The molecule has 142 valence electrons. The third kappa shape index (κ3) is 5.45. The molecule has 0 unspecified atom stereocenters. The summed E-state index contributed by atoms with van der Waals surface area (Å²) in [6.07, 6.45) is 3.07. The number of halogens is 1. The van der Waals surface area contributed by atoms with Crippen LogP contribution in [-0.4, -0.2) is 13.0 Å². The normalized spacial score (nSPS) is 10.6. The molecule has 0 spiro atoms. The fraction of sp³-hybridized carbons (Fsp3) is 0.0870. The van der Waals surface area contributed by atoms with Crippen LogP contribution in [0.4, 0.5) is 10.1 Å². The number of methoxy groups -OCH3 is 1. The molecule has 0 aliphatic rings. The smallest absolute Gasteiger partial charge is 0.248 e. The van der Waals surface area contributed by atoms with Gasteiger partial charge in [-0.2, -0.15) is 0 Å². The molecule has 1 N–H and O–H groups in total. The van der Waals surface area contributed by atoms with E-state index in [0.29, 0.717) is 23.8 Å². The molecular weight excluding hydrogens is 357 g/mol. The zero-order chi connectivity index (χ0) is 19.8. The first-order valence-electron chi connectivity index (χ1n) is 8.73. The van der Waals surface area contributed by atoms with Gasteiger partial charge in [0.1, 0.15) is 12.4 Å². The molecule has 0 radical (unpaired) electrons. The van der Waals surface area contributed by atoms with Crippen molar-refractivity contribution >= 4 is 17.7 Å². The van der Waals surface area contributed by atoms with Crippen molar-refractivity contribution in [2.45, 2.75) is 6.61 Å². The average Bonchev–Trinajstić information content (AvgIpc) is 2.73. The monoisotopic (exact) mass is 377 g/mol. The van der Waals surface area contributed by atoms with Crippen LogP contribution < -0.4 is 14.8 Å². The molecule has 4 nitrogen and oxygen atoms in total. The van der Waals surface area contributed by atoms with Crippen molar-refractivity contribution in [2.75, 3.05) is 12.4 Å². The molecule has 0 fully saturated rings. The molecule has 3 aromatic rings. The summed E-state index contributed by atoms with van der Waals surface area (Å²) in [4.78, 5) is 12.0. The lowest BCUT2D eigenvalue weighted by molar-refractivity contribution is -0.111. The van der Waals surface area contributed by atoms with Crippen LogP contribution in [0.25, 0.3) is 6.08 Å². The van der Waals surface area contributed by atoms with E-state index in [1.807, 2.05) is 36.4 Å². The van der Waals surface area contributed by atoms with Crippen molar-refractivity contribution in [1.82, 2.24) is 0 Å². The molecule has 1 amide bonds. The molecule has 0 atom stereocenters. The van der Waals surface area contributed by atoms with E-state index in [9.17, 15) is 9.18 Å². The zero-order valence-corrected chi connectivity index (χ0v) is 15.4. The molecule has 0 aliphatic heterocycles. The van der Waals surface area contributed by atoms with E-state index in [-0.39, 0.29) is 11.7 Å². The van der Waals surface area contributed by atoms with Gasteiger partial charge in [0, 0.05) is 11.8 Å². The fourth-order valence-electron chi connectivity index (χ4n) is 2.53. The number of hydrogen-bond donors (Lipinski definition) is 1. The lowest BCUT2D eigenvalue weighted by atomic mass is 10.2. The van der Waals surface area contributed by atoms with Crippen molar-refractivity contribution in [2.24, 2.45) is 0 Å². The Morgan fingerprint density at radius 3 is 2.46 bits per heavy atom. The summed E-state index contributed by atoms with van der Waals surface area (Å²) < 4.78 is 24.1. The van der Waals surface area contributed by atoms with Crippen LogP contribution in [-0.2, 0) is 11.4 Å². The minimum absolute atomic E-state index is 0.310. The van der Waals surface area contributed by atoms with E-state index in [0.717, 1.165) is 11.1 Å². The summed E-state index contributed by atoms with van der Waals surface area (Å²) >= 11 is 0. The Labute approximate surface area is 163 Å². The van der Waals surface area contributed by atoms with Crippen molar-refractivity contribution in [1.29, 1.82) is 0 Å². The number of hydrogen-bond acceptors (Lipinski definition) is 3. The van der Waals surface area contributed by atoms with Crippen LogP contribution in [0.1, 0.15) is 11.1 Å². The Bertz CT molecular complexity index is 953. The van der Waals surface area contributed by atoms with E-state index in [2.05, 4.69) is 5.32 Å². The minimum atomic E-state index is -0.352. The quantitative estimate of drug-likeness (QED) is 0.585. The maximum Gasteiger partial charge on any atom is 0.248 e. The van der Waals surface area contributed by atoms with E-state index < -0.39 is 0 Å². The van der Waals surface area contributed by atoms with Gasteiger partial charge in [0.2, 0.25) is 5.91 Å².